The van der Waals surface area contributed by atoms with Crippen LogP contribution in [0.25, 0.3) is 0 Å². The molecule has 1 amide bonds. The first-order valence-corrected chi connectivity index (χ1v) is 9.76. The minimum absolute atomic E-state index is 0.156. The number of rotatable bonds is 5. The first-order chi connectivity index (χ1) is 13.3. The van der Waals surface area contributed by atoms with Crippen LogP contribution in [0.5, 0.6) is 0 Å². The zero-order valence-electron chi connectivity index (χ0n) is 16.2. The number of pyridine rings is 1. The molecule has 3 heterocycles. The van der Waals surface area contributed by atoms with E-state index in [4.69, 9.17) is 0 Å². The molecule has 2 fully saturated rings. The molecule has 3 rings (SSSR count). The molecule has 0 unspecified atom stereocenters. The van der Waals surface area contributed by atoms with Gasteiger partial charge in [-0.1, -0.05) is 6.07 Å². The number of piperidine rings is 1. The van der Waals surface area contributed by atoms with Gasteiger partial charge in [0.1, 0.15) is 5.82 Å². The topological polar surface area (TPSA) is 51.7 Å². The number of halogens is 3. The molecular formula is C19H28F3N5O. The van der Waals surface area contributed by atoms with Crippen molar-refractivity contribution >= 4 is 11.7 Å². The van der Waals surface area contributed by atoms with E-state index in [2.05, 4.69) is 27.1 Å². The van der Waals surface area contributed by atoms with Crippen molar-refractivity contribution in [3.05, 3.63) is 23.9 Å². The van der Waals surface area contributed by atoms with E-state index in [1.165, 1.54) is 4.90 Å². The monoisotopic (exact) mass is 399 g/mol. The van der Waals surface area contributed by atoms with E-state index in [1.807, 2.05) is 12.1 Å². The maximum Gasteiger partial charge on any atom is 0.401 e. The van der Waals surface area contributed by atoms with Gasteiger partial charge < -0.3 is 15.1 Å². The molecule has 0 spiro atoms. The predicted molar refractivity (Wildman–Crippen MR) is 101 cm³/mol. The van der Waals surface area contributed by atoms with Gasteiger partial charge in [0.2, 0.25) is 5.91 Å². The first kappa shape index (κ1) is 20.9. The summed E-state index contributed by atoms with van der Waals surface area (Å²) in [5.41, 5.74) is 0.934. The number of carbonyl (C=O) groups is 1. The molecule has 0 aliphatic carbocycles. The summed E-state index contributed by atoms with van der Waals surface area (Å²) in [5, 5.41) is 2.92. The van der Waals surface area contributed by atoms with E-state index in [1.54, 1.807) is 6.20 Å². The minimum atomic E-state index is -4.23. The average Bonchev–Trinajstić information content (AvgIpc) is 2.66. The number of nitrogens with one attached hydrogen (secondary N) is 1. The number of amides is 1. The van der Waals surface area contributed by atoms with Crippen molar-refractivity contribution in [1.29, 1.82) is 0 Å². The Bertz CT molecular complexity index is 661. The Labute approximate surface area is 163 Å². The van der Waals surface area contributed by atoms with Crippen LogP contribution in [0.3, 0.4) is 0 Å². The van der Waals surface area contributed by atoms with Gasteiger partial charge in [0, 0.05) is 51.0 Å². The Kier molecular flexibility index (Phi) is 6.77. The maximum absolute atomic E-state index is 12.6. The number of anilines is 1. The molecule has 6 nitrogen and oxygen atoms in total. The fourth-order valence-corrected chi connectivity index (χ4v) is 3.86. The van der Waals surface area contributed by atoms with Crippen LogP contribution in [-0.2, 0) is 11.3 Å². The van der Waals surface area contributed by atoms with E-state index in [0.717, 1.165) is 37.6 Å². The number of likely N-dealkylation sites (N-methyl/N-ethyl adjacent to an activating group) is 1. The molecule has 0 saturated carbocycles. The molecule has 2 aliphatic rings. The SMILES string of the molecule is CN1CCN(c2ncccc2CNC(=O)[C@@H]2CCCN(CC(F)(F)F)C2)CC1. The van der Waals surface area contributed by atoms with Crippen LogP contribution < -0.4 is 10.2 Å². The molecule has 156 valence electrons. The second kappa shape index (κ2) is 9.09. The lowest BCUT2D eigenvalue weighted by atomic mass is 9.97. The van der Waals surface area contributed by atoms with Gasteiger partial charge in [-0.3, -0.25) is 9.69 Å². The second-order valence-electron chi connectivity index (χ2n) is 7.68. The highest BCUT2D eigenvalue weighted by atomic mass is 19.4. The summed E-state index contributed by atoms with van der Waals surface area (Å²) >= 11 is 0. The van der Waals surface area contributed by atoms with Crippen molar-refractivity contribution in [2.24, 2.45) is 5.92 Å². The predicted octanol–water partition coefficient (Wildman–Crippen LogP) is 1.72. The summed E-state index contributed by atoms with van der Waals surface area (Å²) in [7, 11) is 2.09. The fourth-order valence-electron chi connectivity index (χ4n) is 3.86. The quantitative estimate of drug-likeness (QED) is 0.817. The normalized spacial score (nSPS) is 22.3. The van der Waals surface area contributed by atoms with Crippen LogP contribution in [-0.4, -0.2) is 79.7 Å². The number of nitrogens with zero attached hydrogens (tertiary/aromatic N) is 4. The summed E-state index contributed by atoms with van der Waals surface area (Å²) in [6, 6.07) is 3.78. The van der Waals surface area contributed by atoms with E-state index in [9.17, 15) is 18.0 Å². The lowest BCUT2D eigenvalue weighted by molar-refractivity contribution is -0.152. The van der Waals surface area contributed by atoms with Gasteiger partial charge >= 0.3 is 6.18 Å². The minimum Gasteiger partial charge on any atom is -0.354 e. The third-order valence-corrected chi connectivity index (χ3v) is 5.40. The van der Waals surface area contributed by atoms with Crippen LogP contribution in [0.15, 0.2) is 18.3 Å². The highest BCUT2D eigenvalue weighted by Crippen LogP contribution is 2.23. The second-order valence-corrected chi connectivity index (χ2v) is 7.68. The van der Waals surface area contributed by atoms with Crippen molar-refractivity contribution in [1.82, 2.24) is 20.1 Å². The summed E-state index contributed by atoms with van der Waals surface area (Å²) in [4.78, 5) is 22.8. The number of alkyl halides is 3. The van der Waals surface area contributed by atoms with Crippen molar-refractivity contribution in [3.63, 3.8) is 0 Å². The van der Waals surface area contributed by atoms with Crippen LogP contribution >= 0.6 is 0 Å². The molecule has 1 N–H and O–H groups in total. The fraction of sp³-hybridized carbons (Fsp3) is 0.684. The van der Waals surface area contributed by atoms with E-state index >= 15 is 0 Å². The van der Waals surface area contributed by atoms with Crippen LogP contribution in [0, 0.1) is 5.92 Å². The van der Waals surface area contributed by atoms with Crippen LogP contribution in [0.1, 0.15) is 18.4 Å². The molecule has 1 aromatic heterocycles. The molecule has 2 aliphatic heterocycles. The Morgan fingerprint density at radius 3 is 2.71 bits per heavy atom. The number of aromatic nitrogens is 1. The van der Waals surface area contributed by atoms with Gasteiger partial charge in [0.25, 0.3) is 0 Å². The van der Waals surface area contributed by atoms with Gasteiger partial charge in [-0.15, -0.1) is 0 Å². The number of hydrogen-bond donors (Lipinski definition) is 1. The lowest BCUT2D eigenvalue weighted by Gasteiger charge is -2.34. The van der Waals surface area contributed by atoms with Gasteiger partial charge in [0.05, 0.1) is 12.5 Å². The highest BCUT2D eigenvalue weighted by Gasteiger charge is 2.34. The molecule has 0 aromatic carbocycles. The Hall–Kier alpha value is -1.87. The zero-order valence-corrected chi connectivity index (χ0v) is 16.2. The molecule has 0 radical (unpaired) electrons. The highest BCUT2D eigenvalue weighted by molar-refractivity contribution is 5.79. The summed E-state index contributed by atoms with van der Waals surface area (Å²) in [5.74, 6) is 0.290. The third-order valence-electron chi connectivity index (χ3n) is 5.40. The Morgan fingerprint density at radius 1 is 1.25 bits per heavy atom. The molecule has 0 bridgehead atoms. The molecule has 9 heteroatoms. The Morgan fingerprint density at radius 2 is 2.00 bits per heavy atom. The largest absolute Gasteiger partial charge is 0.401 e. The maximum atomic E-state index is 12.6. The summed E-state index contributed by atoms with van der Waals surface area (Å²) < 4.78 is 37.9. The van der Waals surface area contributed by atoms with E-state index in [0.29, 0.717) is 25.9 Å². The van der Waals surface area contributed by atoms with Crippen molar-refractivity contribution in [2.45, 2.75) is 25.6 Å². The van der Waals surface area contributed by atoms with Crippen LogP contribution in [0.4, 0.5) is 19.0 Å². The molecule has 1 atom stereocenters. The summed E-state index contributed by atoms with van der Waals surface area (Å²) in [6.07, 6.45) is -1.26. The molecular weight excluding hydrogens is 371 g/mol. The summed E-state index contributed by atoms with van der Waals surface area (Å²) in [6.45, 7) is 3.60. The first-order valence-electron chi connectivity index (χ1n) is 9.76. The lowest BCUT2D eigenvalue weighted by Crippen LogP contribution is -2.46. The molecule has 2 saturated heterocycles. The standard InChI is InChI=1S/C19H28F3N5O/c1-25-8-10-27(11-9-25)17-15(4-2-6-23-17)12-24-18(28)16-5-3-7-26(13-16)14-19(20,21)22/h2,4,6,16H,3,5,7-14H2,1H3,(H,24,28)/t16-/m1/s1. The van der Waals surface area contributed by atoms with Crippen molar-refractivity contribution in [3.8, 4) is 0 Å². The number of likely N-dealkylation sites (tertiary alicyclic amines) is 1. The molecule has 28 heavy (non-hydrogen) atoms. The molecule has 1 aromatic rings. The Balaban J connectivity index is 1.56. The van der Waals surface area contributed by atoms with Crippen molar-refractivity contribution < 1.29 is 18.0 Å². The van der Waals surface area contributed by atoms with Crippen molar-refractivity contribution in [2.75, 3.05) is 57.8 Å². The number of carbonyl (C=O) groups excluding carboxylic acids is 1. The smallest absolute Gasteiger partial charge is 0.354 e. The van der Waals surface area contributed by atoms with Crippen LogP contribution in [0.2, 0.25) is 0 Å². The number of hydrogen-bond acceptors (Lipinski definition) is 5. The number of piperazine rings is 1. The van der Waals surface area contributed by atoms with Gasteiger partial charge in [-0.2, -0.15) is 13.2 Å². The van der Waals surface area contributed by atoms with E-state index in [-0.39, 0.29) is 12.5 Å². The van der Waals surface area contributed by atoms with Gasteiger partial charge in [-0.25, -0.2) is 4.98 Å². The van der Waals surface area contributed by atoms with E-state index < -0.39 is 18.6 Å². The van der Waals surface area contributed by atoms with Gasteiger partial charge in [-0.05, 0) is 32.5 Å². The third kappa shape index (κ3) is 5.81. The average molecular weight is 399 g/mol. The zero-order chi connectivity index (χ0) is 20.1. The van der Waals surface area contributed by atoms with Gasteiger partial charge in [0.15, 0.2) is 0 Å².